The number of hydrogen-bond acceptors (Lipinski definition) is 3. The van der Waals surface area contributed by atoms with Crippen LogP contribution in [0.5, 0.6) is 5.75 Å². The van der Waals surface area contributed by atoms with Gasteiger partial charge in [-0.05, 0) is 41.4 Å². The van der Waals surface area contributed by atoms with Gasteiger partial charge >= 0.3 is 0 Å². The summed E-state index contributed by atoms with van der Waals surface area (Å²) in [4.78, 5) is 2.42. The summed E-state index contributed by atoms with van der Waals surface area (Å²) in [5.74, 6) is 0.331. The van der Waals surface area contributed by atoms with Gasteiger partial charge in [0.2, 0.25) is 0 Å². The molecule has 1 aromatic carbocycles. The van der Waals surface area contributed by atoms with Crippen molar-refractivity contribution >= 4 is 56.7 Å². The van der Waals surface area contributed by atoms with Gasteiger partial charge in [-0.25, -0.2) is 0 Å². The van der Waals surface area contributed by atoms with Crippen molar-refractivity contribution in [1.82, 2.24) is 10.2 Å². The predicted octanol–water partition coefficient (Wildman–Crippen LogP) is 4.67. The highest BCUT2D eigenvalue weighted by Gasteiger charge is 2.25. The molecule has 1 aliphatic rings. The van der Waals surface area contributed by atoms with Crippen LogP contribution in [0.25, 0.3) is 0 Å². The quantitative estimate of drug-likeness (QED) is 0.620. The molecule has 0 radical (unpaired) electrons. The predicted molar refractivity (Wildman–Crippen MR) is 105 cm³/mol. The fourth-order valence-electron chi connectivity index (χ4n) is 2.60. The normalized spacial score (nSPS) is 16.3. The van der Waals surface area contributed by atoms with Crippen molar-refractivity contribution in [2.75, 3.05) is 26.2 Å². The van der Waals surface area contributed by atoms with E-state index in [1.165, 1.54) is 0 Å². The number of benzene rings is 1. The number of piperazine rings is 1. The third-order valence-corrected chi connectivity index (χ3v) is 4.61. The van der Waals surface area contributed by atoms with Crippen molar-refractivity contribution in [2.24, 2.45) is 0 Å². The van der Waals surface area contributed by atoms with Gasteiger partial charge in [0, 0.05) is 42.3 Å². The molecule has 1 heterocycles. The Labute approximate surface area is 161 Å². The van der Waals surface area contributed by atoms with Crippen molar-refractivity contribution in [3.63, 3.8) is 0 Å². The highest BCUT2D eigenvalue weighted by molar-refractivity contribution is 9.11. The van der Waals surface area contributed by atoms with E-state index in [1.54, 1.807) is 0 Å². The first-order valence-corrected chi connectivity index (χ1v) is 8.34. The van der Waals surface area contributed by atoms with Crippen LogP contribution < -0.4 is 5.32 Å². The molecular formula is C15H22Br2Cl2N2O. The number of hydrogen-bond donors (Lipinski definition) is 2. The molecule has 1 saturated heterocycles. The maximum absolute atomic E-state index is 10.4. The van der Waals surface area contributed by atoms with E-state index in [4.69, 9.17) is 0 Å². The number of aromatic hydroxyl groups is 1. The second-order valence-corrected chi connectivity index (χ2v) is 7.06. The van der Waals surface area contributed by atoms with Crippen LogP contribution in [0.3, 0.4) is 0 Å². The van der Waals surface area contributed by atoms with E-state index < -0.39 is 0 Å². The summed E-state index contributed by atoms with van der Waals surface area (Å²) in [6.45, 7) is 10.0. The number of nitrogens with zero attached hydrogens (tertiary/aromatic N) is 1. The Balaban J connectivity index is 0.00000220. The van der Waals surface area contributed by atoms with Crippen molar-refractivity contribution < 1.29 is 5.11 Å². The Morgan fingerprint density at radius 1 is 1.32 bits per heavy atom. The van der Waals surface area contributed by atoms with Crippen LogP contribution in [0.2, 0.25) is 0 Å². The van der Waals surface area contributed by atoms with Crippen molar-refractivity contribution in [3.05, 3.63) is 38.8 Å². The summed E-state index contributed by atoms with van der Waals surface area (Å²) < 4.78 is 1.70. The number of halogens is 4. The minimum absolute atomic E-state index is 0. The molecule has 0 saturated carbocycles. The molecule has 0 aliphatic carbocycles. The Morgan fingerprint density at radius 3 is 2.45 bits per heavy atom. The van der Waals surface area contributed by atoms with E-state index in [-0.39, 0.29) is 30.9 Å². The zero-order valence-corrected chi connectivity index (χ0v) is 17.2. The van der Waals surface area contributed by atoms with Gasteiger partial charge in [-0.1, -0.05) is 21.5 Å². The Morgan fingerprint density at radius 2 is 1.91 bits per heavy atom. The van der Waals surface area contributed by atoms with Gasteiger partial charge in [-0.3, -0.25) is 4.90 Å². The molecule has 0 aromatic heterocycles. The largest absolute Gasteiger partial charge is 0.506 e. The lowest BCUT2D eigenvalue weighted by Gasteiger charge is -2.36. The lowest BCUT2D eigenvalue weighted by molar-refractivity contribution is 0.169. The summed E-state index contributed by atoms with van der Waals surface area (Å²) in [7, 11) is 0. The highest BCUT2D eigenvalue weighted by atomic mass is 79.9. The van der Waals surface area contributed by atoms with E-state index in [0.717, 1.165) is 52.7 Å². The molecular weight excluding hydrogens is 455 g/mol. The first-order valence-electron chi connectivity index (χ1n) is 6.76. The van der Waals surface area contributed by atoms with E-state index in [2.05, 4.69) is 48.7 Å². The molecule has 0 bridgehead atoms. The molecule has 126 valence electrons. The lowest BCUT2D eigenvalue weighted by Crippen LogP contribution is -2.45. The molecule has 0 spiro atoms. The van der Waals surface area contributed by atoms with Crippen molar-refractivity contribution in [2.45, 2.75) is 19.4 Å². The average Bonchev–Trinajstić information content (AvgIpc) is 2.41. The number of phenols is 1. The lowest BCUT2D eigenvalue weighted by atomic mass is 9.97. The molecule has 0 amide bonds. The third kappa shape index (κ3) is 5.69. The third-order valence-electron chi connectivity index (χ3n) is 3.55. The van der Waals surface area contributed by atoms with Gasteiger partial charge in [-0.2, -0.15) is 0 Å². The van der Waals surface area contributed by atoms with Gasteiger partial charge < -0.3 is 10.4 Å². The number of phenolic OH excluding ortho intramolecular Hbond substituents is 1. The number of rotatable bonds is 4. The Kier molecular flexibility index (Phi) is 10.3. The van der Waals surface area contributed by atoms with Gasteiger partial charge in [0.15, 0.2) is 0 Å². The monoisotopic (exact) mass is 474 g/mol. The zero-order chi connectivity index (χ0) is 14.7. The minimum Gasteiger partial charge on any atom is -0.506 e. The van der Waals surface area contributed by atoms with E-state index in [1.807, 2.05) is 19.1 Å². The molecule has 0 unspecified atom stereocenters. The summed E-state index contributed by atoms with van der Waals surface area (Å²) in [5, 5.41) is 13.8. The van der Waals surface area contributed by atoms with Crippen LogP contribution in [0, 0.1) is 0 Å². The Hall–Kier alpha value is 0.220. The van der Waals surface area contributed by atoms with Gasteiger partial charge in [0.05, 0.1) is 4.47 Å². The number of nitrogens with one attached hydrogen (secondary N) is 1. The van der Waals surface area contributed by atoms with E-state index in [9.17, 15) is 5.11 Å². The van der Waals surface area contributed by atoms with E-state index in [0.29, 0.717) is 5.75 Å². The highest BCUT2D eigenvalue weighted by Crippen LogP contribution is 2.39. The standard InChI is InChI=1S/C15H20Br2N2O.2ClH/c1-10(2)7-14(19-5-3-18-4-6-19)12-8-11(16)9-13(17)15(12)20;;/h8-9,14,18,20H,1,3-7H2,2H3;2*1H/t14-;;/m1../s1. The average molecular weight is 477 g/mol. The van der Waals surface area contributed by atoms with Gasteiger partial charge in [0.1, 0.15) is 5.75 Å². The maximum Gasteiger partial charge on any atom is 0.134 e. The molecule has 7 heteroatoms. The van der Waals surface area contributed by atoms with Crippen LogP contribution in [0.15, 0.2) is 33.2 Å². The van der Waals surface area contributed by atoms with Gasteiger partial charge in [0.25, 0.3) is 0 Å². The molecule has 1 aliphatic heterocycles. The molecule has 3 nitrogen and oxygen atoms in total. The Bertz CT molecular complexity index is 509. The second kappa shape index (κ2) is 10.2. The minimum atomic E-state index is 0. The SMILES string of the molecule is C=C(C)C[C@H](c1cc(Br)cc(Br)c1O)N1CCNCC1.Cl.Cl. The molecule has 2 rings (SSSR count). The van der Waals surface area contributed by atoms with Crippen LogP contribution in [-0.4, -0.2) is 36.2 Å². The van der Waals surface area contributed by atoms with Crippen LogP contribution in [0.4, 0.5) is 0 Å². The van der Waals surface area contributed by atoms with Crippen LogP contribution >= 0.6 is 56.7 Å². The summed E-state index contributed by atoms with van der Waals surface area (Å²) in [6.07, 6.45) is 0.858. The fourth-order valence-corrected chi connectivity index (χ4v) is 3.86. The van der Waals surface area contributed by atoms with Gasteiger partial charge in [-0.15, -0.1) is 31.4 Å². The smallest absolute Gasteiger partial charge is 0.134 e. The first-order chi connectivity index (χ1) is 9.49. The molecule has 22 heavy (non-hydrogen) atoms. The fraction of sp³-hybridized carbons (Fsp3) is 0.467. The maximum atomic E-state index is 10.4. The van der Waals surface area contributed by atoms with Crippen molar-refractivity contribution in [1.29, 1.82) is 0 Å². The van der Waals surface area contributed by atoms with Crippen molar-refractivity contribution in [3.8, 4) is 5.75 Å². The summed E-state index contributed by atoms with van der Waals surface area (Å²) >= 11 is 6.93. The topological polar surface area (TPSA) is 35.5 Å². The second-order valence-electron chi connectivity index (χ2n) is 5.29. The summed E-state index contributed by atoms with van der Waals surface area (Å²) in [5.41, 5.74) is 2.08. The molecule has 1 atom stereocenters. The molecule has 2 N–H and O–H groups in total. The zero-order valence-electron chi connectivity index (χ0n) is 12.4. The molecule has 1 fully saturated rings. The van der Waals surface area contributed by atoms with Crippen LogP contribution in [0.1, 0.15) is 24.9 Å². The van der Waals surface area contributed by atoms with E-state index >= 15 is 0 Å². The first kappa shape index (κ1) is 22.2. The summed E-state index contributed by atoms with van der Waals surface area (Å²) in [6, 6.07) is 4.05. The molecule has 1 aromatic rings. The van der Waals surface area contributed by atoms with Crippen LogP contribution in [-0.2, 0) is 0 Å².